The maximum atomic E-state index is 13.6. The molecule has 176 valence electrons. The lowest BCUT2D eigenvalue weighted by Gasteiger charge is -2.36. The number of carbonyl (C=O) groups is 2. The van der Waals surface area contributed by atoms with Crippen molar-refractivity contribution in [2.45, 2.75) is 48.8 Å². The summed E-state index contributed by atoms with van der Waals surface area (Å²) in [4.78, 5) is 25.1. The number of carboxylic acid groups (broad SMARTS) is 1. The molecule has 0 saturated carbocycles. The molecule has 9 heteroatoms. The number of alkyl halides is 4. The first-order valence-corrected chi connectivity index (χ1v) is 11.1. The van der Waals surface area contributed by atoms with Crippen LogP contribution in [0.2, 0.25) is 0 Å². The van der Waals surface area contributed by atoms with Crippen molar-refractivity contribution in [1.82, 2.24) is 5.32 Å². The van der Waals surface area contributed by atoms with Gasteiger partial charge in [-0.05, 0) is 60.9 Å². The maximum Gasteiger partial charge on any atom is 0.573 e. The minimum atomic E-state index is -4.92. The molecular formula is C24H23ClF3NO4. The van der Waals surface area contributed by atoms with Gasteiger partial charge in [0.1, 0.15) is 11.1 Å². The topological polar surface area (TPSA) is 75.6 Å². The van der Waals surface area contributed by atoms with Crippen molar-refractivity contribution in [1.29, 1.82) is 0 Å². The van der Waals surface area contributed by atoms with Crippen LogP contribution in [0, 0.1) is 0 Å². The molecule has 0 bridgehead atoms. The standard InChI is InChI=1S/C24H23ClF3NO4/c25-21(16-4-1-2-7-18(16)33-24(26,27)28)22(32)17-6-3-5-15-14(12-19(30)31)13-23(20(15)17)8-10-29-11-9-23/h1-7,14,21,29H,8-13H2,(H,30,31). The summed E-state index contributed by atoms with van der Waals surface area (Å²) in [6.45, 7) is 1.46. The van der Waals surface area contributed by atoms with Crippen LogP contribution in [0.15, 0.2) is 42.5 Å². The Kier molecular flexibility index (Phi) is 6.42. The van der Waals surface area contributed by atoms with Gasteiger partial charge in [-0.1, -0.05) is 36.4 Å². The number of hydrogen-bond donors (Lipinski definition) is 2. The number of ketones is 1. The predicted octanol–water partition coefficient (Wildman–Crippen LogP) is 5.33. The van der Waals surface area contributed by atoms with Crippen molar-refractivity contribution >= 4 is 23.4 Å². The van der Waals surface area contributed by atoms with Crippen LogP contribution < -0.4 is 10.1 Å². The second-order valence-electron chi connectivity index (χ2n) is 8.61. The second-order valence-corrected chi connectivity index (χ2v) is 9.05. The van der Waals surface area contributed by atoms with E-state index in [4.69, 9.17) is 11.6 Å². The number of nitrogens with one attached hydrogen (secondary N) is 1. The summed E-state index contributed by atoms with van der Waals surface area (Å²) in [7, 11) is 0. The minimum Gasteiger partial charge on any atom is -0.481 e. The molecule has 33 heavy (non-hydrogen) atoms. The number of carbonyl (C=O) groups excluding carboxylic acids is 1. The van der Waals surface area contributed by atoms with E-state index in [9.17, 15) is 27.9 Å². The zero-order chi connectivity index (χ0) is 23.8. The highest BCUT2D eigenvalue weighted by Crippen LogP contribution is 2.54. The number of fused-ring (bicyclic) bond motifs is 2. The smallest absolute Gasteiger partial charge is 0.481 e. The normalized spacial score (nSPS) is 20.3. The highest BCUT2D eigenvalue weighted by atomic mass is 35.5. The van der Waals surface area contributed by atoms with Crippen molar-refractivity contribution in [3.8, 4) is 5.75 Å². The van der Waals surface area contributed by atoms with E-state index in [1.807, 2.05) is 6.07 Å². The van der Waals surface area contributed by atoms with Gasteiger partial charge >= 0.3 is 12.3 Å². The van der Waals surface area contributed by atoms with Crippen molar-refractivity contribution in [2.75, 3.05) is 13.1 Å². The second kappa shape index (κ2) is 8.99. The molecule has 2 aromatic carbocycles. The molecule has 1 fully saturated rings. The first-order valence-electron chi connectivity index (χ1n) is 10.7. The van der Waals surface area contributed by atoms with Gasteiger partial charge in [-0.2, -0.15) is 0 Å². The van der Waals surface area contributed by atoms with Crippen LogP contribution in [0.4, 0.5) is 13.2 Å². The Morgan fingerprint density at radius 3 is 2.52 bits per heavy atom. The molecule has 2 atom stereocenters. The van der Waals surface area contributed by atoms with E-state index < -0.39 is 29.2 Å². The third-order valence-corrected chi connectivity index (χ3v) is 7.03. The molecule has 4 rings (SSSR count). The van der Waals surface area contributed by atoms with Gasteiger partial charge in [-0.15, -0.1) is 24.8 Å². The van der Waals surface area contributed by atoms with Crippen LogP contribution >= 0.6 is 11.6 Å². The van der Waals surface area contributed by atoms with E-state index in [1.165, 1.54) is 18.2 Å². The fourth-order valence-corrected chi connectivity index (χ4v) is 5.63. The third kappa shape index (κ3) is 4.73. The minimum absolute atomic E-state index is 0.0492. The lowest BCUT2D eigenvalue weighted by Crippen LogP contribution is -2.39. The Labute approximate surface area is 193 Å². The maximum absolute atomic E-state index is 13.6. The average molecular weight is 482 g/mol. The average Bonchev–Trinajstić information content (AvgIpc) is 3.05. The molecule has 1 aliphatic carbocycles. The summed E-state index contributed by atoms with van der Waals surface area (Å²) in [6, 6.07) is 10.5. The predicted molar refractivity (Wildman–Crippen MR) is 116 cm³/mol. The van der Waals surface area contributed by atoms with Crippen LogP contribution in [0.3, 0.4) is 0 Å². The lowest BCUT2D eigenvalue weighted by atomic mass is 9.71. The summed E-state index contributed by atoms with van der Waals surface area (Å²) in [6.07, 6.45) is -2.89. The van der Waals surface area contributed by atoms with Gasteiger partial charge in [0.05, 0.1) is 6.42 Å². The van der Waals surface area contributed by atoms with E-state index in [2.05, 4.69) is 10.1 Å². The first-order chi connectivity index (χ1) is 15.6. The molecule has 1 aliphatic heterocycles. The quantitative estimate of drug-likeness (QED) is 0.431. The Morgan fingerprint density at radius 2 is 1.85 bits per heavy atom. The molecule has 0 aromatic heterocycles. The highest BCUT2D eigenvalue weighted by molar-refractivity contribution is 6.34. The third-order valence-electron chi connectivity index (χ3n) is 6.60. The number of para-hydroxylation sites is 1. The number of benzene rings is 2. The van der Waals surface area contributed by atoms with Gasteiger partial charge in [0.2, 0.25) is 0 Å². The number of piperidine rings is 1. The van der Waals surface area contributed by atoms with Gasteiger partial charge in [0, 0.05) is 11.1 Å². The lowest BCUT2D eigenvalue weighted by molar-refractivity contribution is -0.274. The molecule has 1 spiro atoms. The van der Waals surface area contributed by atoms with E-state index in [-0.39, 0.29) is 23.3 Å². The fraction of sp³-hybridized carbons (Fsp3) is 0.417. The summed E-state index contributed by atoms with van der Waals surface area (Å²) < 4.78 is 42.7. The van der Waals surface area contributed by atoms with Crippen LogP contribution in [0.25, 0.3) is 0 Å². The van der Waals surface area contributed by atoms with E-state index in [0.29, 0.717) is 12.0 Å². The molecule has 0 radical (unpaired) electrons. The van der Waals surface area contributed by atoms with Gasteiger partial charge in [0.25, 0.3) is 0 Å². The zero-order valence-electron chi connectivity index (χ0n) is 17.6. The van der Waals surface area contributed by atoms with Gasteiger partial charge in [-0.3, -0.25) is 9.59 Å². The SMILES string of the molecule is O=C(O)CC1CC2(CCNCC2)c2c(C(=O)C(Cl)c3ccccc3OC(F)(F)F)cccc21. The number of carboxylic acids is 1. The highest BCUT2D eigenvalue weighted by Gasteiger charge is 2.47. The largest absolute Gasteiger partial charge is 0.573 e. The van der Waals surface area contributed by atoms with Crippen LogP contribution in [0.1, 0.15) is 64.0 Å². The number of hydrogen-bond acceptors (Lipinski definition) is 4. The van der Waals surface area contributed by atoms with Crippen LogP contribution in [-0.2, 0) is 10.2 Å². The zero-order valence-corrected chi connectivity index (χ0v) is 18.4. The Morgan fingerprint density at radius 1 is 1.15 bits per heavy atom. The summed E-state index contributed by atoms with van der Waals surface area (Å²) >= 11 is 6.47. The number of rotatable bonds is 6. The molecule has 1 saturated heterocycles. The van der Waals surface area contributed by atoms with Crippen LogP contribution in [-0.4, -0.2) is 36.3 Å². The molecule has 5 nitrogen and oxygen atoms in total. The van der Waals surface area contributed by atoms with Crippen molar-refractivity contribution in [3.05, 3.63) is 64.7 Å². The molecule has 2 aliphatic rings. The number of Topliss-reactive ketones (excluding diaryl/α,β-unsaturated/α-hetero) is 1. The van der Waals surface area contributed by atoms with E-state index in [0.717, 1.165) is 43.1 Å². The molecule has 1 heterocycles. The summed E-state index contributed by atoms with van der Waals surface area (Å²) in [5.41, 5.74) is 1.50. The number of aliphatic carboxylic acids is 1. The monoisotopic (exact) mass is 481 g/mol. The van der Waals surface area contributed by atoms with Gasteiger partial charge in [0.15, 0.2) is 5.78 Å². The first kappa shape index (κ1) is 23.6. The Bertz CT molecular complexity index is 1070. The van der Waals surface area contributed by atoms with Gasteiger partial charge in [-0.25, -0.2) is 0 Å². The fourth-order valence-electron chi connectivity index (χ4n) is 5.33. The molecule has 2 N–H and O–H groups in total. The summed E-state index contributed by atoms with van der Waals surface area (Å²) in [5, 5.41) is 11.3. The van der Waals surface area contributed by atoms with Crippen molar-refractivity contribution in [3.63, 3.8) is 0 Å². The molecular weight excluding hydrogens is 459 g/mol. The van der Waals surface area contributed by atoms with E-state index >= 15 is 0 Å². The van der Waals surface area contributed by atoms with Crippen LogP contribution in [0.5, 0.6) is 5.75 Å². The van der Waals surface area contributed by atoms with E-state index in [1.54, 1.807) is 12.1 Å². The van der Waals surface area contributed by atoms with Crippen molar-refractivity contribution in [2.24, 2.45) is 0 Å². The Balaban J connectivity index is 1.76. The summed E-state index contributed by atoms with van der Waals surface area (Å²) in [5.74, 6) is -2.20. The molecule has 0 amide bonds. The molecule has 2 aromatic rings. The molecule has 2 unspecified atom stereocenters. The van der Waals surface area contributed by atoms with Crippen molar-refractivity contribution < 1.29 is 32.6 Å². The number of ether oxygens (including phenoxy) is 1. The van der Waals surface area contributed by atoms with Gasteiger partial charge < -0.3 is 15.2 Å². The number of halogens is 4. The Hall–Kier alpha value is -2.58.